The van der Waals surface area contributed by atoms with Crippen LogP contribution in [0.1, 0.15) is 89.2 Å². The molecule has 1 saturated heterocycles. The van der Waals surface area contributed by atoms with Crippen molar-refractivity contribution in [2.24, 2.45) is 5.92 Å². The van der Waals surface area contributed by atoms with Crippen molar-refractivity contribution in [1.29, 1.82) is 0 Å². The summed E-state index contributed by atoms with van der Waals surface area (Å²) in [4.78, 5) is 27.7. The number of allylic oxidation sites excluding steroid dienone is 2. The summed E-state index contributed by atoms with van der Waals surface area (Å²) in [6.45, 7) is 11.3. The van der Waals surface area contributed by atoms with Crippen molar-refractivity contribution in [2.75, 3.05) is 31.7 Å². The normalized spacial score (nSPS) is 23.4. The maximum absolute atomic E-state index is 13.3. The molecule has 0 spiro atoms. The van der Waals surface area contributed by atoms with Crippen LogP contribution in [0.3, 0.4) is 0 Å². The Hall–Kier alpha value is -2.35. The van der Waals surface area contributed by atoms with Crippen molar-refractivity contribution >= 4 is 23.6 Å². The molecule has 1 saturated carbocycles. The molecule has 4 atom stereocenters. The summed E-state index contributed by atoms with van der Waals surface area (Å²) < 4.78 is 6.41. The quantitative estimate of drug-likeness (QED) is 0.259. The third-order valence-electron chi connectivity index (χ3n) is 8.45. The number of aryl methyl sites for hydroxylation is 1. The molecular formula is C36H54N2O4S. The number of carboxylic acids is 1. The Kier molecular flexibility index (Phi) is 15.1. The van der Waals surface area contributed by atoms with Crippen molar-refractivity contribution in [3.8, 4) is 0 Å². The molecule has 43 heavy (non-hydrogen) atoms. The molecule has 1 amide bonds. The fraction of sp³-hybridized carbons (Fsp3) is 0.611. The topological polar surface area (TPSA) is 78.9 Å². The van der Waals surface area contributed by atoms with Gasteiger partial charge in [0.15, 0.2) is 0 Å². The van der Waals surface area contributed by atoms with Gasteiger partial charge in [0, 0.05) is 30.6 Å². The molecule has 1 aromatic carbocycles. The number of aliphatic carboxylic acids is 1. The summed E-state index contributed by atoms with van der Waals surface area (Å²) in [6.07, 6.45) is 19.5. The molecule has 2 N–H and O–H groups in total. The van der Waals surface area contributed by atoms with Crippen molar-refractivity contribution in [2.45, 2.75) is 103 Å². The lowest BCUT2D eigenvalue weighted by Gasteiger charge is -2.28. The number of hydrogen-bond donors (Lipinski definition) is 2. The fourth-order valence-electron chi connectivity index (χ4n) is 6.23. The van der Waals surface area contributed by atoms with Gasteiger partial charge in [0.2, 0.25) is 0 Å². The molecule has 7 heteroatoms. The van der Waals surface area contributed by atoms with Gasteiger partial charge < -0.3 is 15.2 Å². The van der Waals surface area contributed by atoms with Crippen LogP contribution in [0.5, 0.6) is 0 Å². The highest BCUT2D eigenvalue weighted by molar-refractivity contribution is 7.98. The van der Waals surface area contributed by atoms with Crippen LogP contribution in [0.4, 0.5) is 0 Å². The molecule has 1 aromatic rings. The van der Waals surface area contributed by atoms with Gasteiger partial charge in [-0.15, -0.1) is 0 Å². The van der Waals surface area contributed by atoms with Crippen LogP contribution in [0.2, 0.25) is 0 Å². The summed E-state index contributed by atoms with van der Waals surface area (Å²) in [5, 5.41) is 12.4. The molecule has 1 aliphatic heterocycles. The number of nitrogens with zero attached hydrogens (tertiary/aromatic N) is 1. The van der Waals surface area contributed by atoms with Gasteiger partial charge in [-0.05, 0) is 73.3 Å². The van der Waals surface area contributed by atoms with Gasteiger partial charge in [0.05, 0.1) is 12.7 Å². The lowest BCUT2D eigenvalue weighted by atomic mass is 9.92. The Morgan fingerprint density at radius 1 is 1.12 bits per heavy atom. The van der Waals surface area contributed by atoms with Crippen molar-refractivity contribution in [3.63, 3.8) is 0 Å². The predicted octanol–water partition coefficient (Wildman–Crippen LogP) is 7.30. The van der Waals surface area contributed by atoms with Gasteiger partial charge in [-0.2, -0.15) is 11.8 Å². The first-order valence-corrected chi connectivity index (χ1v) is 17.7. The Morgan fingerprint density at radius 3 is 2.51 bits per heavy atom. The number of carboxylic acid groups (broad SMARTS) is 1. The van der Waals surface area contributed by atoms with E-state index in [2.05, 4.69) is 56.1 Å². The standard InChI is InChI=1S/C33H46N2O4S.C3H8/c1-23-17-28(22-39-29-10-5-4-6-11-29)35(20-23)21-25-13-14-26(32(36)34-31(33(37)38)15-16-40-3)19-27(18-25)30-12-8-7-9-24(30)2;1-3-2/h7-9,12-14,18-19,23,27-29,31H,4-6,10-11,15-17,20-22H2,1-3H3,(H,34,36)(H,37,38);3H2,1-2H3. The second-order valence-corrected chi connectivity index (χ2v) is 13.4. The number of nitrogens with one attached hydrogen (secondary N) is 1. The van der Waals surface area contributed by atoms with Crippen LogP contribution in [0.15, 0.2) is 59.7 Å². The minimum absolute atomic E-state index is 0.0848. The molecule has 3 aliphatic rings. The Morgan fingerprint density at radius 2 is 1.84 bits per heavy atom. The van der Waals surface area contributed by atoms with E-state index in [0.29, 0.717) is 35.8 Å². The molecule has 2 fully saturated rings. The fourth-order valence-corrected chi connectivity index (χ4v) is 6.70. The number of ether oxygens (including phenoxy) is 1. The molecule has 0 bridgehead atoms. The zero-order valence-corrected chi connectivity index (χ0v) is 27.8. The number of rotatable bonds is 12. The zero-order chi connectivity index (χ0) is 31.2. The maximum atomic E-state index is 13.3. The van der Waals surface area contributed by atoms with Crippen LogP contribution in [0, 0.1) is 12.8 Å². The highest BCUT2D eigenvalue weighted by Crippen LogP contribution is 2.31. The second kappa shape index (κ2) is 18.5. The third-order valence-corrected chi connectivity index (χ3v) is 9.10. The molecule has 0 aromatic heterocycles. The van der Waals surface area contributed by atoms with Gasteiger partial charge in [-0.1, -0.05) is 88.9 Å². The first-order chi connectivity index (χ1) is 20.7. The smallest absolute Gasteiger partial charge is 0.326 e. The number of likely N-dealkylation sites (tertiary alicyclic amines) is 1. The van der Waals surface area contributed by atoms with Gasteiger partial charge in [0.25, 0.3) is 5.91 Å². The minimum Gasteiger partial charge on any atom is -0.480 e. The van der Waals surface area contributed by atoms with E-state index in [1.165, 1.54) is 44.1 Å². The molecule has 0 radical (unpaired) electrons. The Bertz CT molecular complexity index is 1120. The average Bonchev–Trinajstić information content (AvgIpc) is 3.20. The monoisotopic (exact) mass is 610 g/mol. The maximum Gasteiger partial charge on any atom is 0.326 e. The predicted molar refractivity (Wildman–Crippen MR) is 180 cm³/mol. The lowest BCUT2D eigenvalue weighted by molar-refractivity contribution is -0.141. The van der Waals surface area contributed by atoms with Crippen LogP contribution in [0.25, 0.3) is 0 Å². The number of benzene rings is 1. The van der Waals surface area contributed by atoms with Crippen LogP contribution < -0.4 is 5.32 Å². The SMILES string of the molecule is CCC.CSCCC(NC(=O)C1=CC(c2ccccc2C)C=C(CN2CC(C)CC2COC2CCCCC2)C=C1)C(=O)O. The van der Waals surface area contributed by atoms with E-state index in [1.54, 1.807) is 11.8 Å². The molecule has 1 heterocycles. The molecule has 4 rings (SSSR count). The van der Waals surface area contributed by atoms with Gasteiger partial charge in [0.1, 0.15) is 6.04 Å². The Balaban J connectivity index is 0.00000162. The van der Waals surface area contributed by atoms with E-state index >= 15 is 0 Å². The highest BCUT2D eigenvalue weighted by Gasteiger charge is 2.31. The summed E-state index contributed by atoms with van der Waals surface area (Å²) in [5.41, 5.74) is 3.99. The number of carbonyl (C=O) groups excluding carboxylic acids is 1. The van der Waals surface area contributed by atoms with E-state index in [9.17, 15) is 14.7 Å². The molecule has 2 aliphatic carbocycles. The first-order valence-electron chi connectivity index (χ1n) is 16.3. The molecule has 238 valence electrons. The number of carbonyl (C=O) groups is 2. The zero-order valence-electron chi connectivity index (χ0n) is 27.0. The number of thioether (sulfide) groups is 1. The van der Waals surface area contributed by atoms with Crippen molar-refractivity contribution < 1.29 is 19.4 Å². The lowest BCUT2D eigenvalue weighted by Crippen LogP contribution is -2.41. The number of amides is 1. The van der Waals surface area contributed by atoms with Gasteiger partial charge >= 0.3 is 5.97 Å². The highest BCUT2D eigenvalue weighted by atomic mass is 32.2. The van der Waals surface area contributed by atoms with E-state index in [-0.39, 0.29) is 11.8 Å². The summed E-state index contributed by atoms with van der Waals surface area (Å²) >= 11 is 1.57. The van der Waals surface area contributed by atoms with Crippen LogP contribution in [-0.2, 0) is 14.3 Å². The van der Waals surface area contributed by atoms with Crippen molar-refractivity contribution in [1.82, 2.24) is 10.2 Å². The summed E-state index contributed by atoms with van der Waals surface area (Å²) in [7, 11) is 0. The third kappa shape index (κ3) is 11.3. The summed E-state index contributed by atoms with van der Waals surface area (Å²) in [6, 6.07) is 7.77. The molecular weight excluding hydrogens is 556 g/mol. The first kappa shape index (κ1) is 35.1. The second-order valence-electron chi connectivity index (χ2n) is 12.4. The van der Waals surface area contributed by atoms with Crippen LogP contribution in [-0.4, -0.2) is 71.8 Å². The van der Waals surface area contributed by atoms with Gasteiger partial charge in [-0.3, -0.25) is 9.69 Å². The minimum atomic E-state index is -1.00. The van der Waals surface area contributed by atoms with E-state index in [1.807, 2.05) is 36.6 Å². The van der Waals surface area contributed by atoms with E-state index in [4.69, 9.17) is 4.74 Å². The van der Waals surface area contributed by atoms with E-state index < -0.39 is 12.0 Å². The largest absolute Gasteiger partial charge is 0.480 e. The van der Waals surface area contributed by atoms with Gasteiger partial charge in [-0.25, -0.2) is 4.79 Å². The summed E-state index contributed by atoms with van der Waals surface area (Å²) in [5.74, 6) is -0.135. The average molecular weight is 611 g/mol. The number of hydrogen-bond acceptors (Lipinski definition) is 5. The van der Waals surface area contributed by atoms with E-state index in [0.717, 1.165) is 37.2 Å². The molecule has 6 nitrogen and oxygen atoms in total. The van der Waals surface area contributed by atoms with Crippen molar-refractivity contribution in [3.05, 3.63) is 70.8 Å². The molecule has 4 unspecified atom stereocenters. The van der Waals surface area contributed by atoms with Crippen LogP contribution >= 0.6 is 11.8 Å². The Labute approximate surface area is 264 Å².